The van der Waals surface area contributed by atoms with Crippen LogP contribution in [0.1, 0.15) is 38.3 Å². The van der Waals surface area contributed by atoms with Gasteiger partial charge in [0.2, 0.25) is 0 Å². The number of nitrogens with zero attached hydrogens (tertiary/aromatic N) is 2. The average Bonchev–Trinajstić information content (AvgIpc) is 3.28. The summed E-state index contributed by atoms with van der Waals surface area (Å²) in [5.74, 6) is 0.682. The molecule has 0 bridgehead atoms. The van der Waals surface area contributed by atoms with Crippen LogP contribution in [0.25, 0.3) is 11.8 Å². The van der Waals surface area contributed by atoms with Crippen LogP contribution in [0, 0.1) is 0 Å². The second kappa shape index (κ2) is 11.0. The Balaban J connectivity index is 2.01. The van der Waals surface area contributed by atoms with Crippen molar-refractivity contribution in [2.45, 2.75) is 45.8 Å². The van der Waals surface area contributed by atoms with Crippen LogP contribution >= 0.6 is 11.6 Å². The molecule has 170 valence electrons. The molecule has 2 aromatic rings. The number of aliphatic hydroxyl groups excluding tert-OH is 1. The molecule has 0 spiro atoms. The van der Waals surface area contributed by atoms with Gasteiger partial charge >= 0.3 is 0 Å². The maximum absolute atomic E-state index is 10.4. The second-order valence-electron chi connectivity index (χ2n) is 7.79. The van der Waals surface area contributed by atoms with Gasteiger partial charge in [0.05, 0.1) is 23.3 Å². The summed E-state index contributed by atoms with van der Waals surface area (Å²) in [7, 11) is 0. The average molecular weight is 455 g/mol. The minimum Gasteiger partial charge on any atom is -0.508 e. The number of aliphatic hydroxyl groups is 1. The predicted molar refractivity (Wildman–Crippen MR) is 133 cm³/mol. The SMILES string of the molecule is C=C(N[C@@H](C)CC)c1cc(Cl)c(/C=C(O)/C=C\C=C\C)c2c1N[C@H](Cn1cccn1)CO2. The zero-order valence-corrected chi connectivity index (χ0v) is 19.6. The first-order valence-corrected chi connectivity index (χ1v) is 11.2. The maximum atomic E-state index is 10.4. The lowest BCUT2D eigenvalue weighted by molar-refractivity contribution is 0.268. The summed E-state index contributed by atoms with van der Waals surface area (Å²) < 4.78 is 8.06. The molecule has 2 heterocycles. The molecule has 1 aliphatic heterocycles. The van der Waals surface area contributed by atoms with Crippen LogP contribution in [0.5, 0.6) is 5.75 Å². The van der Waals surface area contributed by atoms with E-state index >= 15 is 0 Å². The Hall–Kier alpha value is -3.12. The van der Waals surface area contributed by atoms with Crippen molar-refractivity contribution < 1.29 is 9.84 Å². The van der Waals surface area contributed by atoms with Gasteiger partial charge in [0.15, 0.2) is 5.75 Å². The van der Waals surface area contributed by atoms with Crippen LogP contribution < -0.4 is 15.4 Å². The van der Waals surface area contributed by atoms with Gasteiger partial charge < -0.3 is 20.5 Å². The van der Waals surface area contributed by atoms with Crippen LogP contribution in [0.3, 0.4) is 0 Å². The largest absolute Gasteiger partial charge is 0.508 e. The van der Waals surface area contributed by atoms with Gasteiger partial charge in [-0.25, -0.2) is 0 Å². The molecule has 0 aliphatic carbocycles. The van der Waals surface area contributed by atoms with Crippen LogP contribution in [-0.2, 0) is 6.54 Å². The first-order chi connectivity index (χ1) is 15.4. The first-order valence-electron chi connectivity index (χ1n) is 10.8. The van der Waals surface area contributed by atoms with Gasteiger partial charge in [0.25, 0.3) is 0 Å². The molecule has 7 heteroatoms. The number of rotatable bonds is 9. The summed E-state index contributed by atoms with van der Waals surface area (Å²) in [6, 6.07) is 4.04. The zero-order valence-electron chi connectivity index (χ0n) is 18.8. The van der Waals surface area contributed by atoms with E-state index in [1.54, 1.807) is 24.4 Å². The van der Waals surface area contributed by atoms with E-state index in [1.165, 1.54) is 0 Å². The monoisotopic (exact) mass is 454 g/mol. The van der Waals surface area contributed by atoms with E-state index in [2.05, 4.69) is 36.2 Å². The number of benzene rings is 1. The lowest BCUT2D eigenvalue weighted by Gasteiger charge is -2.31. The minimum atomic E-state index is 0.0127. The van der Waals surface area contributed by atoms with Crippen molar-refractivity contribution in [2.24, 2.45) is 0 Å². The van der Waals surface area contributed by atoms with Crippen LogP contribution in [0.2, 0.25) is 5.02 Å². The molecule has 3 N–H and O–H groups in total. The summed E-state index contributed by atoms with van der Waals surface area (Å²) in [6.07, 6.45) is 13.4. The Morgan fingerprint density at radius 3 is 3.00 bits per heavy atom. The van der Waals surface area contributed by atoms with E-state index in [9.17, 15) is 5.11 Å². The number of ether oxygens (including phenoxy) is 1. The molecule has 1 aliphatic rings. The normalized spacial score (nSPS) is 17.1. The van der Waals surface area contributed by atoms with Gasteiger partial charge in [0.1, 0.15) is 12.4 Å². The molecule has 0 fully saturated rings. The summed E-state index contributed by atoms with van der Waals surface area (Å²) in [5.41, 5.74) is 3.03. The molecule has 0 saturated carbocycles. The topological polar surface area (TPSA) is 71.3 Å². The number of hydrogen-bond acceptors (Lipinski definition) is 5. The van der Waals surface area contributed by atoms with E-state index in [0.717, 1.165) is 23.4 Å². The molecular formula is C25H31ClN4O2. The number of fused-ring (bicyclic) bond motifs is 1. The number of aromatic nitrogens is 2. The first kappa shape index (κ1) is 23.5. The second-order valence-corrected chi connectivity index (χ2v) is 8.20. The van der Waals surface area contributed by atoms with Crippen molar-refractivity contribution in [3.8, 4) is 5.75 Å². The summed E-state index contributed by atoms with van der Waals surface area (Å²) in [6.45, 7) is 11.5. The van der Waals surface area contributed by atoms with Crippen molar-refractivity contribution in [1.82, 2.24) is 15.1 Å². The van der Waals surface area contributed by atoms with Gasteiger partial charge in [-0.15, -0.1) is 0 Å². The Morgan fingerprint density at radius 1 is 1.50 bits per heavy atom. The Labute approximate surface area is 194 Å². The molecule has 1 aromatic carbocycles. The Bertz CT molecular complexity index is 1030. The molecule has 2 atom stereocenters. The molecule has 1 aromatic heterocycles. The Kier molecular flexibility index (Phi) is 8.06. The van der Waals surface area contributed by atoms with Crippen molar-refractivity contribution >= 4 is 29.1 Å². The van der Waals surface area contributed by atoms with Gasteiger partial charge in [-0.1, -0.05) is 43.3 Å². The van der Waals surface area contributed by atoms with Crippen LogP contribution in [0.15, 0.2) is 61.2 Å². The maximum Gasteiger partial charge on any atom is 0.152 e. The summed E-state index contributed by atoms with van der Waals surface area (Å²) >= 11 is 6.65. The number of halogens is 1. The fourth-order valence-electron chi connectivity index (χ4n) is 3.41. The molecule has 0 saturated heterocycles. The van der Waals surface area contributed by atoms with Crippen molar-refractivity contribution in [1.29, 1.82) is 0 Å². The number of hydrogen-bond donors (Lipinski definition) is 3. The quantitative estimate of drug-likeness (QED) is 0.330. The van der Waals surface area contributed by atoms with Crippen molar-refractivity contribution in [2.75, 3.05) is 11.9 Å². The molecular weight excluding hydrogens is 424 g/mol. The minimum absolute atomic E-state index is 0.0127. The highest BCUT2D eigenvalue weighted by atomic mass is 35.5. The fraction of sp³-hybridized carbons (Fsp3) is 0.320. The molecule has 3 rings (SSSR count). The predicted octanol–water partition coefficient (Wildman–Crippen LogP) is 5.80. The molecule has 6 nitrogen and oxygen atoms in total. The smallest absolute Gasteiger partial charge is 0.152 e. The van der Waals surface area contributed by atoms with Crippen LogP contribution in [-0.4, -0.2) is 33.6 Å². The van der Waals surface area contributed by atoms with Crippen LogP contribution in [0.4, 0.5) is 5.69 Å². The summed E-state index contributed by atoms with van der Waals surface area (Å²) in [5, 5.41) is 22.2. The third kappa shape index (κ3) is 5.77. The van der Waals surface area contributed by atoms with E-state index in [1.807, 2.05) is 42.1 Å². The Morgan fingerprint density at radius 2 is 2.31 bits per heavy atom. The molecule has 0 unspecified atom stereocenters. The van der Waals surface area contributed by atoms with Gasteiger partial charge in [0, 0.05) is 35.3 Å². The van der Waals surface area contributed by atoms with E-state index in [4.69, 9.17) is 16.3 Å². The van der Waals surface area contributed by atoms with Crippen molar-refractivity contribution in [3.05, 3.63) is 77.3 Å². The third-order valence-corrected chi connectivity index (χ3v) is 5.55. The number of nitrogens with one attached hydrogen (secondary N) is 2. The van der Waals surface area contributed by atoms with E-state index in [-0.39, 0.29) is 17.8 Å². The standard InChI is InChI=1S/C25H31ClN4O2/c1-5-7-8-10-20(31)13-22-23(26)14-21(18(4)28-17(3)6-2)24-25(22)32-16-19(29-24)15-30-12-9-11-27-30/h5,7-14,17,19,28-29,31H,4,6,15-16H2,1-3H3/b7-5+,10-8-,20-13-/t17-,19+/m0/s1. The zero-order chi connectivity index (χ0) is 23.1. The van der Waals surface area contributed by atoms with Gasteiger partial charge in [-0.3, -0.25) is 4.68 Å². The lowest BCUT2D eigenvalue weighted by atomic mass is 10.0. The third-order valence-electron chi connectivity index (χ3n) is 5.23. The van der Waals surface area contributed by atoms with E-state index in [0.29, 0.717) is 29.5 Å². The number of allylic oxidation sites excluding steroid dienone is 4. The van der Waals surface area contributed by atoms with E-state index < -0.39 is 0 Å². The van der Waals surface area contributed by atoms with Gasteiger partial charge in [-0.2, -0.15) is 5.10 Å². The highest BCUT2D eigenvalue weighted by Crippen LogP contribution is 2.43. The molecule has 32 heavy (non-hydrogen) atoms. The number of anilines is 1. The molecule has 0 amide bonds. The van der Waals surface area contributed by atoms with Crippen molar-refractivity contribution in [3.63, 3.8) is 0 Å². The lowest BCUT2D eigenvalue weighted by Crippen LogP contribution is -2.36. The fourth-order valence-corrected chi connectivity index (χ4v) is 3.66. The highest BCUT2D eigenvalue weighted by molar-refractivity contribution is 6.32. The summed E-state index contributed by atoms with van der Waals surface area (Å²) in [4.78, 5) is 0. The molecule has 0 radical (unpaired) electrons. The highest BCUT2D eigenvalue weighted by Gasteiger charge is 2.27. The van der Waals surface area contributed by atoms with Gasteiger partial charge in [-0.05, 0) is 44.6 Å².